The number of aliphatic hydroxyl groups is 1. The van der Waals surface area contributed by atoms with Gasteiger partial charge in [-0.2, -0.15) is 0 Å². The number of amides is 6. The maximum atomic E-state index is 13.2. The van der Waals surface area contributed by atoms with Gasteiger partial charge in [-0.1, -0.05) is 44.2 Å². The molecule has 2 rings (SSSR count). The zero-order chi connectivity index (χ0) is 35.7. The fourth-order valence-corrected chi connectivity index (χ4v) is 5.09. The maximum Gasteiger partial charge on any atom is 0.247 e. The first-order chi connectivity index (χ1) is 22.7. The molecule has 4 unspecified atom stereocenters. The number of aliphatic hydroxyl groups excluding tert-OH is 1. The van der Waals surface area contributed by atoms with E-state index in [1.807, 2.05) is 19.9 Å². The quantitative estimate of drug-likeness (QED) is 0.0562. The summed E-state index contributed by atoms with van der Waals surface area (Å²) in [7, 11) is 0. The highest BCUT2D eigenvalue weighted by molar-refractivity contribution is 5.96. The summed E-state index contributed by atoms with van der Waals surface area (Å²) in [5.74, 6) is -3.13. The number of rotatable bonds is 15. The molecule has 0 aromatic rings. The van der Waals surface area contributed by atoms with Crippen molar-refractivity contribution in [2.75, 3.05) is 19.6 Å². The van der Waals surface area contributed by atoms with Gasteiger partial charge in [-0.15, -0.1) is 0 Å². The largest absolute Gasteiger partial charge is 0.393 e. The van der Waals surface area contributed by atoms with E-state index in [2.05, 4.69) is 44.1 Å². The van der Waals surface area contributed by atoms with Gasteiger partial charge in [0.15, 0.2) is 0 Å². The topological polar surface area (TPSA) is 198 Å². The Morgan fingerprint density at radius 1 is 0.938 bits per heavy atom. The maximum absolute atomic E-state index is 13.2. The Hall–Kier alpha value is -4.30. The van der Waals surface area contributed by atoms with Crippen molar-refractivity contribution in [3.8, 4) is 0 Å². The molecular weight excluding hydrogens is 618 g/mol. The molecule has 2 aliphatic rings. The normalized spacial score (nSPS) is 22.8. The summed E-state index contributed by atoms with van der Waals surface area (Å²) in [5.41, 5.74) is -0.857. The van der Waals surface area contributed by atoms with Crippen LogP contribution >= 0.6 is 0 Å². The molecule has 0 radical (unpaired) electrons. The van der Waals surface area contributed by atoms with E-state index in [9.17, 15) is 33.9 Å². The Morgan fingerprint density at radius 3 is 2.35 bits per heavy atom. The second-order valence-electron chi connectivity index (χ2n) is 12.9. The first-order valence-corrected chi connectivity index (χ1v) is 16.6. The van der Waals surface area contributed by atoms with Crippen molar-refractivity contribution >= 4 is 35.4 Å². The minimum absolute atomic E-state index is 0.0243. The SMILES string of the molecule is CC(C)CC1NC(=O)CN2C(=O)C(CNC(=O)C(CNC(=O)C=CNC(=O)C=CC=CCCCC=CCCC(C)O)NC1=O)NC2(C)C. The van der Waals surface area contributed by atoms with Crippen molar-refractivity contribution in [2.24, 2.45) is 5.92 Å². The molecule has 2 bridgehead atoms. The van der Waals surface area contributed by atoms with E-state index in [0.29, 0.717) is 0 Å². The fourth-order valence-electron chi connectivity index (χ4n) is 5.09. The van der Waals surface area contributed by atoms with Gasteiger partial charge in [-0.25, -0.2) is 0 Å². The van der Waals surface area contributed by atoms with E-state index in [1.165, 1.54) is 11.0 Å². The van der Waals surface area contributed by atoms with Gasteiger partial charge in [-0.05, 0) is 65.2 Å². The summed E-state index contributed by atoms with van der Waals surface area (Å²) < 4.78 is 0. The molecule has 0 spiro atoms. The van der Waals surface area contributed by atoms with Crippen LogP contribution in [0.25, 0.3) is 0 Å². The molecule has 0 saturated carbocycles. The standard InChI is InChI=1S/C34H53N7O7/c1-23(2)19-25-32(47)39-26(31(46)37-21-27-33(48)41(22-30(45)38-25)34(4,5)40-27)20-36-29(44)17-18-35-28(43)16-14-12-10-8-6-7-9-11-13-15-24(3)42/h9-12,14,16-18,23-27,40,42H,6-8,13,15,19-22H2,1-5H3,(H,35,43)(H,36,44)(H,37,46)(H,38,45)(H,39,47). The lowest BCUT2D eigenvalue weighted by atomic mass is 10.0. The Morgan fingerprint density at radius 2 is 1.65 bits per heavy atom. The molecule has 2 heterocycles. The van der Waals surface area contributed by atoms with Crippen LogP contribution in [0.2, 0.25) is 0 Å². The summed E-state index contributed by atoms with van der Waals surface area (Å²) in [6.45, 7) is 8.40. The number of nitrogens with zero attached hydrogens (tertiary/aromatic N) is 1. The van der Waals surface area contributed by atoms with Gasteiger partial charge in [0.05, 0.1) is 11.8 Å². The molecule has 0 aliphatic carbocycles. The van der Waals surface area contributed by atoms with Crippen molar-refractivity contribution < 1.29 is 33.9 Å². The van der Waals surface area contributed by atoms with Crippen LogP contribution in [-0.2, 0) is 28.8 Å². The van der Waals surface area contributed by atoms with Crippen molar-refractivity contribution in [1.29, 1.82) is 0 Å². The first kappa shape index (κ1) is 39.9. The smallest absolute Gasteiger partial charge is 0.247 e. The Kier molecular flexibility index (Phi) is 16.7. The minimum Gasteiger partial charge on any atom is -0.393 e. The Bertz CT molecular complexity index is 1260. The number of carbonyl (C=O) groups is 6. The third-order valence-electron chi connectivity index (χ3n) is 7.64. The van der Waals surface area contributed by atoms with Gasteiger partial charge in [-0.3, -0.25) is 34.1 Å². The van der Waals surface area contributed by atoms with Gasteiger partial charge in [0.25, 0.3) is 0 Å². The third kappa shape index (κ3) is 14.6. The van der Waals surface area contributed by atoms with Crippen LogP contribution in [0.3, 0.4) is 0 Å². The summed E-state index contributed by atoms with van der Waals surface area (Å²) in [4.78, 5) is 78.2. The molecule has 0 aromatic heterocycles. The van der Waals surface area contributed by atoms with E-state index >= 15 is 0 Å². The molecule has 4 atom stereocenters. The van der Waals surface area contributed by atoms with Crippen LogP contribution < -0.4 is 31.9 Å². The van der Waals surface area contributed by atoms with Crippen LogP contribution in [-0.4, -0.2) is 95.0 Å². The average Bonchev–Trinajstić information content (AvgIpc) is 3.22. The predicted octanol–water partition coefficient (Wildman–Crippen LogP) is 0.414. The van der Waals surface area contributed by atoms with Gasteiger partial charge in [0.2, 0.25) is 35.4 Å². The van der Waals surface area contributed by atoms with E-state index in [0.717, 1.165) is 44.4 Å². The molecular formula is C34H53N7O7. The highest BCUT2D eigenvalue weighted by Gasteiger charge is 2.45. The molecule has 7 N–H and O–H groups in total. The molecule has 2 aliphatic heterocycles. The zero-order valence-corrected chi connectivity index (χ0v) is 28.7. The summed E-state index contributed by atoms with van der Waals surface area (Å²) in [6, 6.07) is -2.97. The van der Waals surface area contributed by atoms with Crippen molar-refractivity contribution in [1.82, 2.24) is 36.8 Å². The third-order valence-corrected chi connectivity index (χ3v) is 7.64. The van der Waals surface area contributed by atoms with E-state index in [-0.39, 0.29) is 44.0 Å². The number of unbranched alkanes of at least 4 members (excludes halogenated alkanes) is 2. The lowest BCUT2D eigenvalue weighted by Gasteiger charge is -2.31. The molecule has 0 aromatic carbocycles. The lowest BCUT2D eigenvalue weighted by Crippen LogP contribution is -2.59. The van der Waals surface area contributed by atoms with E-state index in [4.69, 9.17) is 0 Å². The van der Waals surface area contributed by atoms with Crippen LogP contribution in [0.1, 0.15) is 73.1 Å². The van der Waals surface area contributed by atoms with Crippen molar-refractivity contribution in [2.45, 2.75) is 103 Å². The highest BCUT2D eigenvalue weighted by atomic mass is 16.3. The van der Waals surface area contributed by atoms with Crippen molar-refractivity contribution in [3.05, 3.63) is 48.7 Å². The lowest BCUT2D eigenvalue weighted by molar-refractivity contribution is -0.137. The van der Waals surface area contributed by atoms with Gasteiger partial charge in [0.1, 0.15) is 24.7 Å². The second kappa shape index (κ2) is 20.2. The predicted molar refractivity (Wildman–Crippen MR) is 182 cm³/mol. The van der Waals surface area contributed by atoms with Gasteiger partial charge < -0.3 is 36.6 Å². The van der Waals surface area contributed by atoms with Gasteiger partial charge in [0, 0.05) is 31.4 Å². The Labute approximate surface area is 283 Å². The van der Waals surface area contributed by atoms with Crippen molar-refractivity contribution in [3.63, 3.8) is 0 Å². The molecule has 48 heavy (non-hydrogen) atoms. The number of hydrogen-bond acceptors (Lipinski definition) is 8. The first-order valence-electron chi connectivity index (χ1n) is 16.6. The number of hydrogen-bond donors (Lipinski definition) is 7. The molecule has 266 valence electrons. The van der Waals surface area contributed by atoms with E-state index in [1.54, 1.807) is 32.9 Å². The second-order valence-corrected chi connectivity index (χ2v) is 12.9. The number of fused-ring (bicyclic) bond motifs is 2. The van der Waals surface area contributed by atoms with E-state index < -0.39 is 53.3 Å². The van der Waals surface area contributed by atoms with Crippen LogP contribution in [0.15, 0.2) is 48.7 Å². The molecule has 2 fully saturated rings. The molecule has 2 saturated heterocycles. The van der Waals surface area contributed by atoms with Crippen LogP contribution in [0, 0.1) is 5.92 Å². The fraction of sp³-hybridized carbons (Fsp3) is 0.588. The number of carbonyl (C=O) groups excluding carboxylic acids is 6. The number of nitrogens with one attached hydrogen (secondary N) is 6. The minimum atomic E-state index is -1.21. The Balaban J connectivity index is 1.91. The van der Waals surface area contributed by atoms with Crippen LogP contribution in [0.5, 0.6) is 0 Å². The molecule has 14 heteroatoms. The number of allylic oxidation sites excluding steroid dienone is 5. The molecule has 6 amide bonds. The molecule has 14 nitrogen and oxygen atoms in total. The van der Waals surface area contributed by atoms with Gasteiger partial charge >= 0.3 is 0 Å². The highest BCUT2D eigenvalue weighted by Crippen LogP contribution is 2.21. The monoisotopic (exact) mass is 671 g/mol. The van der Waals surface area contributed by atoms with Crippen LogP contribution in [0.4, 0.5) is 0 Å². The summed E-state index contributed by atoms with van der Waals surface area (Å²) >= 11 is 0. The zero-order valence-electron chi connectivity index (χ0n) is 28.7. The average molecular weight is 672 g/mol. The summed E-state index contributed by atoms with van der Waals surface area (Å²) in [6.07, 6.45) is 17.4. The summed E-state index contributed by atoms with van der Waals surface area (Å²) in [5, 5.41) is 25.3.